The van der Waals surface area contributed by atoms with Crippen LogP contribution in [0.15, 0.2) is 36.4 Å². The fourth-order valence-corrected chi connectivity index (χ4v) is 1.81. The number of aliphatic hydroxyl groups is 1. The van der Waals surface area contributed by atoms with Crippen LogP contribution in [0.25, 0.3) is 0 Å². The second kappa shape index (κ2) is 4.86. The summed E-state index contributed by atoms with van der Waals surface area (Å²) in [5, 5.41) is 10.1. The first-order valence-corrected chi connectivity index (χ1v) is 5.69. The van der Waals surface area contributed by atoms with Crippen molar-refractivity contribution >= 4 is 0 Å². The summed E-state index contributed by atoms with van der Waals surface area (Å²) in [5.74, 6) is -0.887. The van der Waals surface area contributed by atoms with Crippen LogP contribution in [0.2, 0.25) is 0 Å². The van der Waals surface area contributed by atoms with E-state index in [0.717, 1.165) is 5.56 Å². The van der Waals surface area contributed by atoms with Gasteiger partial charge in [-0.3, -0.25) is 0 Å². The quantitative estimate of drug-likeness (QED) is 0.859. The van der Waals surface area contributed by atoms with Gasteiger partial charge in [-0.05, 0) is 42.7 Å². The molecule has 0 bridgehead atoms. The fourth-order valence-electron chi connectivity index (χ4n) is 1.81. The van der Waals surface area contributed by atoms with Crippen LogP contribution in [-0.2, 0) is 0 Å². The van der Waals surface area contributed by atoms with Crippen molar-refractivity contribution in [3.8, 4) is 0 Å². The lowest BCUT2D eigenvalue weighted by Crippen LogP contribution is -2.03. The molecular formula is C15H14F2O. The summed E-state index contributed by atoms with van der Waals surface area (Å²) < 4.78 is 27.1. The van der Waals surface area contributed by atoms with Crippen LogP contribution in [0.1, 0.15) is 28.4 Å². The van der Waals surface area contributed by atoms with Gasteiger partial charge in [0.1, 0.15) is 17.7 Å². The van der Waals surface area contributed by atoms with Crippen molar-refractivity contribution in [1.82, 2.24) is 0 Å². The molecule has 0 aliphatic rings. The second-order valence-electron chi connectivity index (χ2n) is 4.44. The zero-order chi connectivity index (χ0) is 13.3. The first-order chi connectivity index (χ1) is 8.49. The van der Waals surface area contributed by atoms with E-state index in [1.165, 1.54) is 18.2 Å². The van der Waals surface area contributed by atoms with Gasteiger partial charge in [-0.25, -0.2) is 8.78 Å². The summed E-state index contributed by atoms with van der Waals surface area (Å²) in [6.45, 7) is 3.41. The molecule has 0 radical (unpaired) electrons. The highest BCUT2D eigenvalue weighted by atomic mass is 19.1. The maximum atomic E-state index is 13.7. The molecule has 1 atom stereocenters. The monoisotopic (exact) mass is 248 g/mol. The van der Waals surface area contributed by atoms with Crippen molar-refractivity contribution in [1.29, 1.82) is 0 Å². The molecule has 2 aromatic carbocycles. The Labute approximate surface area is 105 Å². The molecule has 18 heavy (non-hydrogen) atoms. The predicted octanol–water partition coefficient (Wildman–Crippen LogP) is 3.66. The Kier molecular flexibility index (Phi) is 3.43. The molecule has 0 heterocycles. The van der Waals surface area contributed by atoms with Crippen molar-refractivity contribution in [2.24, 2.45) is 0 Å². The van der Waals surface area contributed by atoms with E-state index in [2.05, 4.69) is 0 Å². The lowest BCUT2D eigenvalue weighted by Gasteiger charge is -2.13. The maximum absolute atomic E-state index is 13.7. The molecule has 1 unspecified atom stereocenters. The van der Waals surface area contributed by atoms with Gasteiger partial charge in [-0.1, -0.05) is 24.3 Å². The number of rotatable bonds is 2. The summed E-state index contributed by atoms with van der Waals surface area (Å²) in [6, 6.07) is 8.99. The van der Waals surface area contributed by atoms with Crippen LogP contribution in [-0.4, -0.2) is 5.11 Å². The lowest BCUT2D eigenvalue weighted by atomic mass is 9.99. The Morgan fingerprint density at radius 3 is 2.28 bits per heavy atom. The average Bonchev–Trinajstić information content (AvgIpc) is 2.32. The minimum absolute atomic E-state index is 0.156. The van der Waals surface area contributed by atoms with Gasteiger partial charge >= 0.3 is 0 Å². The highest BCUT2D eigenvalue weighted by molar-refractivity contribution is 5.34. The number of benzene rings is 2. The van der Waals surface area contributed by atoms with E-state index < -0.39 is 17.7 Å². The van der Waals surface area contributed by atoms with E-state index >= 15 is 0 Å². The minimum Gasteiger partial charge on any atom is -0.384 e. The normalized spacial score (nSPS) is 12.5. The van der Waals surface area contributed by atoms with Crippen LogP contribution in [0.4, 0.5) is 8.78 Å². The molecule has 0 spiro atoms. The van der Waals surface area contributed by atoms with Gasteiger partial charge in [-0.2, -0.15) is 0 Å². The molecule has 3 heteroatoms. The third-order valence-corrected chi connectivity index (χ3v) is 2.96. The molecule has 94 valence electrons. The van der Waals surface area contributed by atoms with Crippen molar-refractivity contribution < 1.29 is 13.9 Å². The second-order valence-corrected chi connectivity index (χ2v) is 4.44. The van der Waals surface area contributed by atoms with Crippen LogP contribution in [0.5, 0.6) is 0 Å². The summed E-state index contributed by atoms with van der Waals surface area (Å²) in [5.41, 5.74) is 1.78. The molecule has 0 saturated heterocycles. The number of hydrogen-bond donors (Lipinski definition) is 1. The molecular weight excluding hydrogens is 234 g/mol. The number of aliphatic hydroxyl groups excluding tert-OH is 1. The Morgan fingerprint density at radius 2 is 1.67 bits per heavy atom. The van der Waals surface area contributed by atoms with E-state index in [1.54, 1.807) is 32.0 Å². The maximum Gasteiger partial charge on any atom is 0.129 e. The largest absolute Gasteiger partial charge is 0.384 e. The first kappa shape index (κ1) is 12.7. The number of hydrogen-bond acceptors (Lipinski definition) is 1. The topological polar surface area (TPSA) is 20.2 Å². The van der Waals surface area contributed by atoms with Crippen molar-refractivity contribution in [2.45, 2.75) is 20.0 Å². The molecule has 0 amide bonds. The summed E-state index contributed by atoms with van der Waals surface area (Å²) >= 11 is 0. The molecule has 0 aliphatic heterocycles. The van der Waals surface area contributed by atoms with Crippen molar-refractivity contribution in [3.63, 3.8) is 0 Å². The molecule has 0 aliphatic carbocycles. The Hall–Kier alpha value is -1.74. The summed E-state index contributed by atoms with van der Waals surface area (Å²) in [4.78, 5) is 0. The van der Waals surface area contributed by atoms with Crippen LogP contribution >= 0.6 is 0 Å². The average molecular weight is 248 g/mol. The van der Waals surface area contributed by atoms with Gasteiger partial charge in [0.05, 0.1) is 0 Å². The number of aryl methyl sites for hydroxylation is 2. The van der Waals surface area contributed by atoms with Crippen molar-refractivity contribution in [2.75, 3.05) is 0 Å². The third kappa shape index (κ3) is 2.41. The van der Waals surface area contributed by atoms with E-state index in [0.29, 0.717) is 11.1 Å². The SMILES string of the molecule is Cc1ccc(C(O)c2ccc(C)c(F)c2)c(F)c1. The minimum atomic E-state index is -1.15. The van der Waals surface area contributed by atoms with Crippen LogP contribution in [0, 0.1) is 25.5 Å². The molecule has 0 saturated carbocycles. The third-order valence-electron chi connectivity index (χ3n) is 2.96. The van der Waals surface area contributed by atoms with Crippen molar-refractivity contribution in [3.05, 3.63) is 70.3 Å². The fraction of sp³-hybridized carbons (Fsp3) is 0.200. The lowest BCUT2D eigenvalue weighted by molar-refractivity contribution is 0.214. The van der Waals surface area contributed by atoms with Gasteiger partial charge < -0.3 is 5.11 Å². The zero-order valence-electron chi connectivity index (χ0n) is 10.2. The molecule has 2 rings (SSSR count). The van der Waals surface area contributed by atoms with Crippen LogP contribution < -0.4 is 0 Å². The van der Waals surface area contributed by atoms with Gasteiger partial charge in [0, 0.05) is 5.56 Å². The smallest absolute Gasteiger partial charge is 0.129 e. The van der Waals surface area contributed by atoms with E-state index in [1.807, 2.05) is 0 Å². The molecule has 0 fully saturated rings. The zero-order valence-corrected chi connectivity index (χ0v) is 10.2. The summed E-state index contributed by atoms with van der Waals surface area (Å²) in [7, 11) is 0. The molecule has 0 aromatic heterocycles. The predicted molar refractivity (Wildman–Crippen MR) is 66.3 cm³/mol. The summed E-state index contributed by atoms with van der Waals surface area (Å²) in [6.07, 6.45) is -1.15. The highest BCUT2D eigenvalue weighted by Crippen LogP contribution is 2.26. The molecule has 1 nitrogen and oxygen atoms in total. The van der Waals surface area contributed by atoms with Gasteiger partial charge in [0.2, 0.25) is 0 Å². The van der Waals surface area contributed by atoms with E-state index in [9.17, 15) is 13.9 Å². The first-order valence-electron chi connectivity index (χ1n) is 5.69. The van der Waals surface area contributed by atoms with Gasteiger partial charge in [-0.15, -0.1) is 0 Å². The number of halogens is 2. The Morgan fingerprint density at radius 1 is 0.944 bits per heavy atom. The highest BCUT2D eigenvalue weighted by Gasteiger charge is 2.16. The van der Waals surface area contributed by atoms with E-state index in [-0.39, 0.29) is 5.56 Å². The van der Waals surface area contributed by atoms with Gasteiger partial charge in [0.25, 0.3) is 0 Å². The Balaban J connectivity index is 2.41. The molecule has 1 N–H and O–H groups in total. The van der Waals surface area contributed by atoms with Crippen LogP contribution in [0.3, 0.4) is 0 Å². The Bertz CT molecular complexity index is 579. The van der Waals surface area contributed by atoms with Gasteiger partial charge in [0.15, 0.2) is 0 Å². The molecule has 2 aromatic rings. The standard InChI is InChI=1S/C15H14F2O/c1-9-3-6-12(14(17)7-9)15(18)11-5-4-10(2)13(16)8-11/h3-8,15,18H,1-2H3. The van der Waals surface area contributed by atoms with E-state index in [4.69, 9.17) is 0 Å².